The summed E-state index contributed by atoms with van der Waals surface area (Å²) in [7, 11) is 0. The van der Waals surface area contributed by atoms with Gasteiger partial charge in [0.1, 0.15) is 0 Å². The van der Waals surface area contributed by atoms with E-state index in [0.29, 0.717) is 15.8 Å². The molecule has 0 aliphatic heterocycles. The molecular weight excluding hydrogens is 398 g/mol. The van der Waals surface area contributed by atoms with Gasteiger partial charge in [-0.2, -0.15) is 9.78 Å². The molecule has 0 unspecified atom stereocenters. The molecule has 26 heavy (non-hydrogen) atoms. The maximum atomic E-state index is 12.6. The lowest BCUT2D eigenvalue weighted by Gasteiger charge is -2.11. The van der Waals surface area contributed by atoms with E-state index < -0.39 is 17.2 Å². The number of carbonyl (C=O) groups excluding carboxylic acids is 1. The monoisotopic (exact) mass is 413 g/mol. The second-order valence-electron chi connectivity index (χ2n) is 5.90. The summed E-state index contributed by atoms with van der Waals surface area (Å²) < 4.78 is 1.79. The second kappa shape index (κ2) is 7.13. The van der Waals surface area contributed by atoms with Crippen LogP contribution in [0.25, 0.3) is 5.69 Å². The smallest absolute Gasteiger partial charge is 0.280 e. The maximum absolute atomic E-state index is 12.6. The zero-order valence-electron chi connectivity index (χ0n) is 14.2. The number of rotatable bonds is 3. The lowest BCUT2D eigenvalue weighted by atomic mass is 10.2. The van der Waals surface area contributed by atoms with Gasteiger partial charge in [-0.3, -0.25) is 9.59 Å². The normalized spacial score (nSPS) is 10.6. The Kier molecular flexibility index (Phi) is 4.90. The number of aromatic hydroxyl groups is 1. The van der Waals surface area contributed by atoms with Gasteiger partial charge in [0.05, 0.1) is 11.4 Å². The van der Waals surface area contributed by atoms with Crippen molar-refractivity contribution in [2.24, 2.45) is 0 Å². The molecular formula is C19H16BrN3O3. The summed E-state index contributed by atoms with van der Waals surface area (Å²) in [5, 5.41) is 16.8. The Morgan fingerprint density at radius 2 is 1.85 bits per heavy atom. The van der Waals surface area contributed by atoms with Crippen LogP contribution in [0.5, 0.6) is 5.75 Å². The summed E-state index contributed by atoms with van der Waals surface area (Å²) >= 11 is 3.38. The maximum Gasteiger partial charge on any atom is 0.280 e. The van der Waals surface area contributed by atoms with Crippen molar-refractivity contribution in [1.29, 1.82) is 0 Å². The van der Waals surface area contributed by atoms with Crippen LogP contribution in [-0.2, 0) is 0 Å². The van der Waals surface area contributed by atoms with E-state index in [9.17, 15) is 14.7 Å². The molecule has 0 saturated carbocycles. The Hall–Kier alpha value is -2.93. The first-order valence-electron chi connectivity index (χ1n) is 7.83. The minimum atomic E-state index is -0.617. The molecule has 0 aliphatic carbocycles. The number of carbonyl (C=O) groups is 1. The number of aromatic nitrogens is 2. The van der Waals surface area contributed by atoms with Crippen LogP contribution in [0.1, 0.15) is 21.6 Å². The SMILES string of the molecule is Cc1cccc(-n2nc(C(=O)Nc3ccc(C)cc3Br)c(O)cc2=O)c1. The number of anilines is 1. The van der Waals surface area contributed by atoms with E-state index in [-0.39, 0.29) is 5.69 Å². The fraction of sp³-hybridized carbons (Fsp3) is 0.105. The van der Waals surface area contributed by atoms with Crippen molar-refractivity contribution >= 4 is 27.5 Å². The molecule has 1 heterocycles. The van der Waals surface area contributed by atoms with Crippen LogP contribution >= 0.6 is 15.9 Å². The molecule has 0 bridgehead atoms. The third kappa shape index (κ3) is 3.67. The van der Waals surface area contributed by atoms with Gasteiger partial charge in [0, 0.05) is 10.5 Å². The van der Waals surface area contributed by atoms with Crippen LogP contribution in [0.3, 0.4) is 0 Å². The van der Waals surface area contributed by atoms with E-state index in [0.717, 1.165) is 21.9 Å². The van der Waals surface area contributed by atoms with Gasteiger partial charge in [-0.1, -0.05) is 18.2 Å². The fourth-order valence-electron chi connectivity index (χ4n) is 2.46. The number of benzene rings is 2. The van der Waals surface area contributed by atoms with Crippen molar-refractivity contribution in [3.63, 3.8) is 0 Å². The molecule has 6 nitrogen and oxygen atoms in total. The standard InChI is InChI=1S/C19H16BrN3O3/c1-11-4-3-5-13(8-11)23-17(25)10-16(24)18(22-23)19(26)21-15-7-6-12(2)9-14(15)20/h3-10,24H,1-2H3,(H,21,26). The molecule has 2 aromatic carbocycles. The molecule has 0 radical (unpaired) electrons. The third-order valence-electron chi connectivity index (χ3n) is 3.75. The van der Waals surface area contributed by atoms with Crippen LogP contribution in [0.2, 0.25) is 0 Å². The number of amides is 1. The van der Waals surface area contributed by atoms with Crippen LogP contribution < -0.4 is 10.9 Å². The molecule has 1 amide bonds. The predicted molar refractivity (Wildman–Crippen MR) is 103 cm³/mol. The summed E-state index contributed by atoms with van der Waals surface area (Å²) in [6.07, 6.45) is 0. The van der Waals surface area contributed by atoms with Gasteiger partial charge in [0.2, 0.25) is 0 Å². The van der Waals surface area contributed by atoms with Crippen molar-refractivity contribution in [1.82, 2.24) is 9.78 Å². The van der Waals surface area contributed by atoms with Crippen LogP contribution in [-0.4, -0.2) is 20.8 Å². The highest BCUT2D eigenvalue weighted by Gasteiger charge is 2.18. The van der Waals surface area contributed by atoms with Gasteiger partial charge in [-0.25, -0.2) is 0 Å². The quantitative estimate of drug-likeness (QED) is 0.687. The fourth-order valence-corrected chi connectivity index (χ4v) is 3.05. The van der Waals surface area contributed by atoms with E-state index >= 15 is 0 Å². The number of aryl methyl sites for hydroxylation is 2. The molecule has 0 atom stereocenters. The van der Waals surface area contributed by atoms with Crippen LogP contribution in [0.4, 0.5) is 5.69 Å². The summed E-state index contributed by atoms with van der Waals surface area (Å²) in [5.41, 5.74) is 2.26. The average molecular weight is 414 g/mol. The minimum absolute atomic E-state index is 0.237. The van der Waals surface area contributed by atoms with E-state index in [4.69, 9.17) is 0 Å². The lowest BCUT2D eigenvalue weighted by molar-refractivity contribution is 0.101. The predicted octanol–water partition coefficient (Wildman–Crippen LogP) is 3.57. The van der Waals surface area contributed by atoms with Crippen molar-refractivity contribution in [2.75, 3.05) is 5.32 Å². The molecule has 132 valence electrons. The number of hydrogen-bond acceptors (Lipinski definition) is 4. The third-order valence-corrected chi connectivity index (χ3v) is 4.40. The van der Waals surface area contributed by atoms with E-state index in [2.05, 4.69) is 26.3 Å². The molecule has 7 heteroatoms. The van der Waals surface area contributed by atoms with Gasteiger partial charge >= 0.3 is 0 Å². The van der Waals surface area contributed by atoms with Crippen LogP contribution in [0, 0.1) is 13.8 Å². The van der Waals surface area contributed by atoms with Crippen molar-refractivity contribution < 1.29 is 9.90 Å². The summed E-state index contributed by atoms with van der Waals surface area (Å²) in [4.78, 5) is 24.7. The molecule has 3 rings (SSSR count). The lowest BCUT2D eigenvalue weighted by Crippen LogP contribution is -2.25. The number of nitrogens with zero attached hydrogens (tertiary/aromatic N) is 2. The van der Waals surface area contributed by atoms with Crippen LogP contribution in [0.15, 0.2) is 57.8 Å². The van der Waals surface area contributed by atoms with Gasteiger partial charge in [0.25, 0.3) is 11.5 Å². The first-order valence-corrected chi connectivity index (χ1v) is 8.62. The van der Waals surface area contributed by atoms with Crippen molar-refractivity contribution in [2.45, 2.75) is 13.8 Å². The number of nitrogens with one attached hydrogen (secondary N) is 1. The Morgan fingerprint density at radius 1 is 1.12 bits per heavy atom. The van der Waals surface area contributed by atoms with E-state index in [1.807, 2.05) is 32.0 Å². The first-order chi connectivity index (χ1) is 12.3. The Morgan fingerprint density at radius 3 is 2.54 bits per heavy atom. The van der Waals surface area contributed by atoms with E-state index in [1.165, 1.54) is 0 Å². The molecule has 3 aromatic rings. The number of hydrogen-bond donors (Lipinski definition) is 2. The second-order valence-corrected chi connectivity index (χ2v) is 6.76. The van der Waals surface area contributed by atoms with Crippen molar-refractivity contribution in [3.05, 3.63) is 80.2 Å². The summed E-state index contributed by atoms with van der Waals surface area (Å²) in [6, 6.07) is 13.6. The summed E-state index contributed by atoms with van der Waals surface area (Å²) in [5.74, 6) is -1.09. The Bertz CT molecular complexity index is 1060. The molecule has 1 aromatic heterocycles. The Labute approximate surface area is 158 Å². The van der Waals surface area contributed by atoms with Gasteiger partial charge in [-0.15, -0.1) is 0 Å². The van der Waals surface area contributed by atoms with Crippen molar-refractivity contribution in [3.8, 4) is 11.4 Å². The molecule has 0 aliphatic rings. The highest BCUT2D eigenvalue weighted by molar-refractivity contribution is 9.10. The zero-order chi connectivity index (χ0) is 18.8. The number of halogens is 1. The van der Waals surface area contributed by atoms with Gasteiger partial charge < -0.3 is 10.4 Å². The largest absolute Gasteiger partial charge is 0.505 e. The average Bonchev–Trinajstić information content (AvgIpc) is 2.57. The highest BCUT2D eigenvalue weighted by atomic mass is 79.9. The van der Waals surface area contributed by atoms with Gasteiger partial charge in [-0.05, 0) is 65.2 Å². The topological polar surface area (TPSA) is 84.2 Å². The molecule has 0 spiro atoms. The zero-order valence-corrected chi connectivity index (χ0v) is 15.7. The van der Waals surface area contributed by atoms with E-state index in [1.54, 1.807) is 24.3 Å². The minimum Gasteiger partial charge on any atom is -0.505 e. The molecule has 2 N–H and O–H groups in total. The van der Waals surface area contributed by atoms with Gasteiger partial charge in [0.15, 0.2) is 11.4 Å². The Balaban J connectivity index is 2.00. The summed E-state index contributed by atoms with van der Waals surface area (Å²) in [6.45, 7) is 3.82. The highest BCUT2D eigenvalue weighted by Crippen LogP contribution is 2.24. The molecule has 0 saturated heterocycles. The molecule has 0 fully saturated rings. The first kappa shape index (κ1) is 17.9.